The fourth-order valence-electron chi connectivity index (χ4n) is 4.02. The van der Waals surface area contributed by atoms with E-state index in [0.29, 0.717) is 0 Å². The van der Waals surface area contributed by atoms with Gasteiger partial charge in [-0.3, -0.25) is 0 Å². The lowest BCUT2D eigenvalue weighted by Gasteiger charge is -2.45. The van der Waals surface area contributed by atoms with Crippen LogP contribution in [0, 0.1) is 0 Å². The van der Waals surface area contributed by atoms with Crippen LogP contribution >= 0.6 is 0 Å². The van der Waals surface area contributed by atoms with Gasteiger partial charge in [0, 0.05) is 18.3 Å². The van der Waals surface area contributed by atoms with Crippen molar-refractivity contribution in [1.29, 1.82) is 0 Å². The molecule has 0 aliphatic carbocycles. The summed E-state index contributed by atoms with van der Waals surface area (Å²) >= 11 is 0. The molecule has 4 heteroatoms. The summed E-state index contributed by atoms with van der Waals surface area (Å²) in [5.74, 6) is 2.56. The Morgan fingerprint density at radius 2 is 1.64 bits per heavy atom. The maximum Gasteiger partial charge on any atom is 0.211 e. The molecule has 4 nitrogen and oxygen atoms in total. The molecule has 130 valence electrons. The number of hydrogen-bond acceptors (Lipinski definition) is 4. The van der Waals surface area contributed by atoms with Crippen LogP contribution in [0.3, 0.4) is 0 Å². The number of ether oxygens (including phenoxy) is 3. The Hall–Kier alpha value is -2.62. The van der Waals surface area contributed by atoms with Crippen molar-refractivity contribution in [2.75, 3.05) is 26.2 Å². The molecule has 0 bridgehead atoms. The molecule has 0 saturated carbocycles. The third-order valence-corrected chi connectivity index (χ3v) is 5.60. The average Bonchev–Trinajstić information content (AvgIpc) is 2.79. The Kier molecular flexibility index (Phi) is 3.29. The number of anilines is 1. The summed E-state index contributed by atoms with van der Waals surface area (Å²) in [4.78, 5) is 2.21. The molecule has 2 heterocycles. The van der Waals surface area contributed by atoms with Gasteiger partial charge in [-0.1, -0.05) is 0 Å². The molecular weight excluding hydrogens is 314 g/mol. The van der Waals surface area contributed by atoms with Gasteiger partial charge in [0.05, 0.1) is 19.6 Å². The molecule has 0 N–H and O–H groups in total. The van der Waals surface area contributed by atoms with Gasteiger partial charge in [0.2, 0.25) is 5.72 Å². The lowest BCUT2D eigenvalue weighted by Crippen LogP contribution is -2.58. The second kappa shape index (κ2) is 5.19. The monoisotopic (exact) mass is 337 g/mol. The van der Waals surface area contributed by atoms with Crippen molar-refractivity contribution in [2.24, 2.45) is 0 Å². The lowest BCUT2D eigenvalue weighted by molar-refractivity contribution is 0.0580. The van der Waals surface area contributed by atoms with E-state index in [1.807, 2.05) is 24.3 Å². The molecule has 0 fully saturated rings. The first-order valence-corrected chi connectivity index (χ1v) is 8.41. The van der Waals surface area contributed by atoms with E-state index < -0.39 is 5.72 Å². The number of fused-ring (bicyclic) bond motifs is 2. The number of nitrogens with zero attached hydrogens (tertiary/aromatic N) is 1. The molecule has 2 aromatic rings. The van der Waals surface area contributed by atoms with Crippen LogP contribution in [0.25, 0.3) is 6.08 Å². The highest BCUT2D eigenvalue weighted by atomic mass is 16.5. The smallest absolute Gasteiger partial charge is 0.211 e. The van der Waals surface area contributed by atoms with Crippen molar-refractivity contribution in [3.05, 3.63) is 53.6 Å². The van der Waals surface area contributed by atoms with E-state index in [-0.39, 0.29) is 5.41 Å². The fourth-order valence-corrected chi connectivity index (χ4v) is 4.02. The summed E-state index contributed by atoms with van der Waals surface area (Å²) in [5, 5.41) is 0. The summed E-state index contributed by atoms with van der Waals surface area (Å²) in [5.41, 5.74) is 2.58. The van der Waals surface area contributed by atoms with Gasteiger partial charge in [-0.05, 0) is 68.0 Å². The van der Waals surface area contributed by atoms with E-state index in [2.05, 4.69) is 50.1 Å². The second-order valence-corrected chi connectivity index (χ2v) is 7.10. The molecular formula is C21H23NO3. The zero-order chi connectivity index (χ0) is 17.8. The number of rotatable bonds is 2. The number of methoxy groups -OCH3 is 2. The van der Waals surface area contributed by atoms with Crippen LogP contribution in [0.2, 0.25) is 0 Å². The van der Waals surface area contributed by atoms with Crippen LogP contribution in [-0.4, -0.2) is 27.0 Å². The van der Waals surface area contributed by atoms with Gasteiger partial charge in [-0.15, -0.1) is 0 Å². The predicted octanol–water partition coefficient (Wildman–Crippen LogP) is 4.23. The van der Waals surface area contributed by atoms with Gasteiger partial charge in [0.25, 0.3) is 0 Å². The highest BCUT2D eigenvalue weighted by molar-refractivity contribution is 5.73. The van der Waals surface area contributed by atoms with Crippen LogP contribution in [0.5, 0.6) is 17.2 Å². The lowest BCUT2D eigenvalue weighted by atomic mass is 9.76. The molecule has 25 heavy (non-hydrogen) atoms. The molecule has 1 atom stereocenters. The quantitative estimate of drug-likeness (QED) is 0.820. The maximum atomic E-state index is 6.61. The maximum absolute atomic E-state index is 6.61. The van der Waals surface area contributed by atoms with Gasteiger partial charge in [-0.25, -0.2) is 0 Å². The van der Waals surface area contributed by atoms with Gasteiger partial charge < -0.3 is 19.1 Å². The molecule has 1 unspecified atom stereocenters. The van der Waals surface area contributed by atoms with E-state index in [0.717, 1.165) is 28.5 Å². The van der Waals surface area contributed by atoms with Crippen LogP contribution in [-0.2, 0) is 5.41 Å². The molecule has 4 rings (SSSR count). The summed E-state index contributed by atoms with van der Waals surface area (Å²) in [7, 11) is 5.46. The van der Waals surface area contributed by atoms with Crippen LogP contribution in [0.4, 0.5) is 5.69 Å². The zero-order valence-electron chi connectivity index (χ0n) is 15.3. The predicted molar refractivity (Wildman–Crippen MR) is 99.8 cm³/mol. The highest BCUT2D eigenvalue weighted by Crippen LogP contribution is 2.55. The molecule has 1 spiro atoms. The average molecular weight is 337 g/mol. The molecule has 0 aromatic heterocycles. The molecule has 0 radical (unpaired) electrons. The first-order chi connectivity index (χ1) is 11.9. The number of benzene rings is 2. The van der Waals surface area contributed by atoms with Crippen molar-refractivity contribution < 1.29 is 14.2 Å². The molecule has 2 aliphatic rings. The normalized spacial score (nSPS) is 22.4. The minimum absolute atomic E-state index is 0.250. The minimum atomic E-state index is -0.580. The molecule has 0 saturated heterocycles. The number of likely N-dealkylation sites (N-methyl/N-ethyl adjacent to an activating group) is 1. The summed E-state index contributed by atoms with van der Waals surface area (Å²) < 4.78 is 17.4. The van der Waals surface area contributed by atoms with E-state index in [4.69, 9.17) is 14.2 Å². The van der Waals surface area contributed by atoms with Crippen molar-refractivity contribution in [3.63, 3.8) is 0 Å². The van der Waals surface area contributed by atoms with Crippen molar-refractivity contribution in [3.8, 4) is 17.2 Å². The van der Waals surface area contributed by atoms with Gasteiger partial charge in [0.1, 0.15) is 17.2 Å². The van der Waals surface area contributed by atoms with Crippen molar-refractivity contribution in [1.82, 2.24) is 0 Å². The minimum Gasteiger partial charge on any atom is -0.497 e. The Labute approximate surface area is 148 Å². The largest absolute Gasteiger partial charge is 0.497 e. The Balaban J connectivity index is 1.84. The van der Waals surface area contributed by atoms with Crippen LogP contribution in [0.1, 0.15) is 25.0 Å². The third kappa shape index (κ3) is 2.00. The standard InChI is InChI=1S/C21H23NO3/c1-20(2)17-13-16(24-5)6-8-18(17)22(3)21(20)11-10-14-12-15(23-4)7-9-19(14)25-21/h6-13H,1-5H3. The highest BCUT2D eigenvalue weighted by Gasteiger charge is 2.57. The van der Waals surface area contributed by atoms with Crippen LogP contribution < -0.4 is 19.1 Å². The Bertz CT molecular complexity index is 871. The van der Waals surface area contributed by atoms with Gasteiger partial charge in [0.15, 0.2) is 0 Å². The Morgan fingerprint density at radius 3 is 2.36 bits per heavy atom. The topological polar surface area (TPSA) is 30.9 Å². The SMILES string of the molecule is COc1ccc2c(c1)C=CC1(O2)N(C)c2ccc(OC)cc2C1(C)C. The van der Waals surface area contributed by atoms with E-state index in [1.54, 1.807) is 14.2 Å². The molecule has 2 aromatic carbocycles. The second-order valence-electron chi connectivity index (χ2n) is 7.10. The summed E-state index contributed by atoms with van der Waals surface area (Å²) in [6, 6.07) is 12.1. The van der Waals surface area contributed by atoms with Crippen LogP contribution in [0.15, 0.2) is 42.5 Å². The first-order valence-electron chi connectivity index (χ1n) is 8.41. The third-order valence-electron chi connectivity index (χ3n) is 5.60. The zero-order valence-corrected chi connectivity index (χ0v) is 15.3. The van der Waals surface area contributed by atoms with E-state index >= 15 is 0 Å². The summed E-state index contributed by atoms with van der Waals surface area (Å²) in [6.45, 7) is 4.43. The van der Waals surface area contributed by atoms with E-state index in [9.17, 15) is 0 Å². The van der Waals surface area contributed by atoms with Crippen molar-refractivity contribution in [2.45, 2.75) is 25.0 Å². The fraction of sp³-hybridized carbons (Fsp3) is 0.333. The molecule has 2 aliphatic heterocycles. The van der Waals surface area contributed by atoms with E-state index in [1.165, 1.54) is 5.56 Å². The number of hydrogen-bond donors (Lipinski definition) is 0. The first kappa shape index (κ1) is 15.9. The van der Waals surface area contributed by atoms with Crippen molar-refractivity contribution >= 4 is 11.8 Å². The summed E-state index contributed by atoms with van der Waals surface area (Å²) in [6.07, 6.45) is 4.28. The van der Waals surface area contributed by atoms with Gasteiger partial charge >= 0.3 is 0 Å². The Morgan fingerprint density at radius 1 is 0.960 bits per heavy atom. The molecule has 0 amide bonds. The van der Waals surface area contributed by atoms with Gasteiger partial charge in [-0.2, -0.15) is 0 Å².